The molecule has 0 saturated carbocycles. The molecular formula is C15H15N5OS. The number of carbonyl (C=O) groups excluding carboxylic acids is 1. The van der Waals surface area contributed by atoms with E-state index in [1.165, 1.54) is 0 Å². The molecule has 3 heterocycles. The standard InChI is InChI=1S/C15H15N5OS/c1-2-19-9-12(8-17-19)10-20-14(21)13(18-15(20)22)7-11-3-5-16-6-4-11/h3-9H,2,10H2,1H3,(H,18,22)/b13-7+. The summed E-state index contributed by atoms with van der Waals surface area (Å²) in [6.45, 7) is 3.22. The molecule has 0 bridgehead atoms. The van der Waals surface area contributed by atoms with Crippen LogP contribution in [-0.4, -0.2) is 30.7 Å². The Balaban J connectivity index is 1.78. The first kappa shape index (κ1) is 14.4. The normalized spacial score (nSPS) is 16.4. The molecule has 0 aliphatic carbocycles. The monoisotopic (exact) mass is 313 g/mol. The number of aryl methyl sites for hydroxylation is 1. The minimum absolute atomic E-state index is 0.133. The summed E-state index contributed by atoms with van der Waals surface area (Å²) >= 11 is 5.26. The molecule has 0 radical (unpaired) electrons. The third kappa shape index (κ3) is 2.89. The zero-order chi connectivity index (χ0) is 15.5. The average Bonchev–Trinajstić information content (AvgIpc) is 3.09. The zero-order valence-electron chi connectivity index (χ0n) is 12.1. The van der Waals surface area contributed by atoms with Crippen LogP contribution in [0.5, 0.6) is 0 Å². The predicted octanol–water partition coefficient (Wildman–Crippen LogP) is 1.56. The largest absolute Gasteiger partial charge is 0.328 e. The van der Waals surface area contributed by atoms with Crippen LogP contribution in [0, 0.1) is 0 Å². The van der Waals surface area contributed by atoms with E-state index in [9.17, 15) is 4.79 Å². The highest BCUT2D eigenvalue weighted by atomic mass is 32.1. The van der Waals surface area contributed by atoms with Crippen molar-refractivity contribution in [3.05, 3.63) is 53.7 Å². The summed E-state index contributed by atoms with van der Waals surface area (Å²) < 4.78 is 1.82. The van der Waals surface area contributed by atoms with Crippen molar-refractivity contribution in [1.29, 1.82) is 0 Å². The van der Waals surface area contributed by atoms with Crippen LogP contribution in [0.3, 0.4) is 0 Å². The van der Waals surface area contributed by atoms with Crippen LogP contribution in [-0.2, 0) is 17.9 Å². The van der Waals surface area contributed by atoms with Crippen molar-refractivity contribution in [2.75, 3.05) is 0 Å². The highest BCUT2D eigenvalue weighted by Gasteiger charge is 2.30. The van der Waals surface area contributed by atoms with Gasteiger partial charge in [-0.25, -0.2) is 0 Å². The average molecular weight is 313 g/mol. The van der Waals surface area contributed by atoms with Gasteiger partial charge in [0.25, 0.3) is 5.91 Å². The number of hydrogen-bond acceptors (Lipinski definition) is 4. The summed E-state index contributed by atoms with van der Waals surface area (Å²) in [6, 6.07) is 3.66. The van der Waals surface area contributed by atoms with E-state index in [2.05, 4.69) is 15.4 Å². The van der Waals surface area contributed by atoms with Gasteiger partial charge in [-0.1, -0.05) is 0 Å². The Labute approximate surface area is 133 Å². The smallest absolute Gasteiger partial charge is 0.276 e. The first-order chi connectivity index (χ1) is 10.7. The van der Waals surface area contributed by atoms with E-state index >= 15 is 0 Å². The lowest BCUT2D eigenvalue weighted by Crippen LogP contribution is -2.29. The maximum absolute atomic E-state index is 12.5. The Morgan fingerprint density at radius 2 is 2.14 bits per heavy atom. The zero-order valence-corrected chi connectivity index (χ0v) is 12.9. The minimum Gasteiger partial charge on any atom is -0.328 e. The summed E-state index contributed by atoms with van der Waals surface area (Å²) in [5.74, 6) is -0.133. The number of amides is 1. The van der Waals surface area contributed by atoms with Crippen LogP contribution >= 0.6 is 12.2 Å². The third-order valence-corrected chi connectivity index (χ3v) is 3.65. The van der Waals surface area contributed by atoms with Crippen molar-refractivity contribution >= 4 is 29.3 Å². The highest BCUT2D eigenvalue weighted by Crippen LogP contribution is 2.16. The van der Waals surface area contributed by atoms with Gasteiger partial charge in [0.2, 0.25) is 0 Å². The van der Waals surface area contributed by atoms with Gasteiger partial charge >= 0.3 is 0 Å². The fourth-order valence-corrected chi connectivity index (χ4v) is 2.44. The van der Waals surface area contributed by atoms with E-state index in [0.29, 0.717) is 17.4 Å². The van der Waals surface area contributed by atoms with Gasteiger partial charge in [0.05, 0.1) is 12.7 Å². The van der Waals surface area contributed by atoms with Crippen LogP contribution < -0.4 is 5.32 Å². The van der Waals surface area contributed by atoms with E-state index < -0.39 is 0 Å². The van der Waals surface area contributed by atoms with Crippen molar-refractivity contribution < 1.29 is 4.79 Å². The lowest BCUT2D eigenvalue weighted by Gasteiger charge is -2.12. The molecule has 6 nitrogen and oxygen atoms in total. The number of hydrogen-bond donors (Lipinski definition) is 1. The molecule has 1 saturated heterocycles. The second kappa shape index (κ2) is 6.07. The van der Waals surface area contributed by atoms with E-state index in [4.69, 9.17) is 12.2 Å². The molecule has 0 spiro atoms. The van der Waals surface area contributed by atoms with Crippen molar-refractivity contribution in [2.24, 2.45) is 0 Å². The molecule has 3 rings (SSSR count). The van der Waals surface area contributed by atoms with Crippen LogP contribution in [0.2, 0.25) is 0 Å². The number of thiocarbonyl (C=S) groups is 1. The molecule has 2 aromatic heterocycles. The first-order valence-corrected chi connectivity index (χ1v) is 7.34. The van der Waals surface area contributed by atoms with Gasteiger partial charge in [0.1, 0.15) is 5.70 Å². The molecule has 1 fully saturated rings. The molecule has 2 aromatic rings. The van der Waals surface area contributed by atoms with Gasteiger partial charge in [0, 0.05) is 30.7 Å². The molecule has 1 amide bonds. The number of nitrogens with zero attached hydrogens (tertiary/aromatic N) is 4. The van der Waals surface area contributed by atoms with Gasteiger partial charge in [-0.3, -0.25) is 19.4 Å². The van der Waals surface area contributed by atoms with E-state index in [1.807, 2.05) is 29.9 Å². The Morgan fingerprint density at radius 1 is 1.36 bits per heavy atom. The van der Waals surface area contributed by atoms with Crippen LogP contribution in [0.25, 0.3) is 6.08 Å². The van der Waals surface area contributed by atoms with Gasteiger partial charge in [0.15, 0.2) is 5.11 Å². The third-order valence-electron chi connectivity index (χ3n) is 3.33. The summed E-state index contributed by atoms with van der Waals surface area (Å²) in [5.41, 5.74) is 2.32. The van der Waals surface area contributed by atoms with E-state index in [-0.39, 0.29) is 5.91 Å². The minimum atomic E-state index is -0.133. The quantitative estimate of drug-likeness (QED) is 0.685. The number of aromatic nitrogens is 3. The summed E-state index contributed by atoms with van der Waals surface area (Å²) in [7, 11) is 0. The Morgan fingerprint density at radius 3 is 2.82 bits per heavy atom. The number of rotatable bonds is 4. The second-order valence-corrected chi connectivity index (χ2v) is 5.25. The lowest BCUT2D eigenvalue weighted by molar-refractivity contribution is -0.122. The van der Waals surface area contributed by atoms with Gasteiger partial charge in [-0.15, -0.1) is 0 Å². The summed E-state index contributed by atoms with van der Waals surface area (Å²) in [5, 5.41) is 7.58. The molecule has 0 unspecified atom stereocenters. The fraction of sp³-hybridized carbons (Fsp3) is 0.200. The molecular weight excluding hydrogens is 298 g/mol. The molecule has 0 aromatic carbocycles. The van der Waals surface area contributed by atoms with Crippen LogP contribution in [0.15, 0.2) is 42.6 Å². The molecule has 0 atom stereocenters. The van der Waals surface area contributed by atoms with Gasteiger partial charge in [-0.2, -0.15) is 5.10 Å². The topological polar surface area (TPSA) is 63.1 Å². The molecule has 112 valence electrons. The summed E-state index contributed by atoms with van der Waals surface area (Å²) in [6.07, 6.45) is 8.80. The fourth-order valence-electron chi connectivity index (χ4n) is 2.19. The van der Waals surface area contributed by atoms with Crippen LogP contribution in [0.4, 0.5) is 0 Å². The summed E-state index contributed by atoms with van der Waals surface area (Å²) in [4.78, 5) is 18.0. The van der Waals surface area contributed by atoms with Crippen molar-refractivity contribution in [1.82, 2.24) is 25.0 Å². The highest BCUT2D eigenvalue weighted by molar-refractivity contribution is 7.80. The Bertz CT molecular complexity index is 737. The Hall–Kier alpha value is -2.54. The Kier molecular flexibility index (Phi) is 3.97. The predicted molar refractivity (Wildman–Crippen MR) is 86.4 cm³/mol. The SMILES string of the molecule is CCn1cc(CN2C(=O)/C(=C\c3ccncc3)NC2=S)cn1. The molecule has 7 heteroatoms. The maximum Gasteiger partial charge on any atom is 0.276 e. The van der Waals surface area contributed by atoms with Crippen molar-refractivity contribution in [3.63, 3.8) is 0 Å². The van der Waals surface area contributed by atoms with E-state index in [1.54, 1.807) is 29.6 Å². The molecule has 1 aliphatic rings. The maximum atomic E-state index is 12.5. The van der Waals surface area contributed by atoms with Crippen molar-refractivity contribution in [2.45, 2.75) is 20.0 Å². The number of nitrogens with one attached hydrogen (secondary N) is 1. The lowest BCUT2D eigenvalue weighted by atomic mass is 10.2. The van der Waals surface area contributed by atoms with Gasteiger partial charge < -0.3 is 5.32 Å². The first-order valence-electron chi connectivity index (χ1n) is 6.93. The number of pyridine rings is 1. The van der Waals surface area contributed by atoms with Crippen LogP contribution in [0.1, 0.15) is 18.1 Å². The van der Waals surface area contributed by atoms with E-state index in [0.717, 1.165) is 17.7 Å². The molecule has 1 aliphatic heterocycles. The second-order valence-electron chi connectivity index (χ2n) is 4.86. The number of carbonyl (C=O) groups is 1. The molecule has 1 N–H and O–H groups in total. The van der Waals surface area contributed by atoms with Gasteiger partial charge in [-0.05, 0) is 42.9 Å². The van der Waals surface area contributed by atoms with Crippen molar-refractivity contribution in [3.8, 4) is 0 Å². The molecule has 22 heavy (non-hydrogen) atoms.